The lowest BCUT2D eigenvalue weighted by Crippen LogP contribution is -2.31. The average molecular weight is 360 g/mol. The van der Waals surface area contributed by atoms with Crippen LogP contribution in [0.5, 0.6) is 0 Å². The maximum atomic E-state index is 11.4. The molecule has 0 spiro atoms. The molecule has 0 bridgehead atoms. The van der Waals surface area contributed by atoms with Gasteiger partial charge in [-0.05, 0) is 40.5 Å². The van der Waals surface area contributed by atoms with Gasteiger partial charge in [0.25, 0.3) is 0 Å². The molecule has 7 heteroatoms. The van der Waals surface area contributed by atoms with Crippen LogP contribution in [0, 0.1) is 11.3 Å². The van der Waals surface area contributed by atoms with E-state index in [0.29, 0.717) is 25.2 Å². The molecule has 0 fully saturated rings. The quantitative estimate of drug-likeness (QED) is 0.758. The van der Waals surface area contributed by atoms with Gasteiger partial charge >= 0.3 is 0 Å². The molecule has 5 nitrogen and oxygen atoms in total. The molecule has 0 saturated carbocycles. The lowest BCUT2D eigenvalue weighted by atomic mass is 10.2. The second-order valence-electron chi connectivity index (χ2n) is 4.34. The van der Waals surface area contributed by atoms with Crippen LogP contribution in [0.3, 0.4) is 0 Å². The zero-order valence-electron chi connectivity index (χ0n) is 11.6. The van der Waals surface area contributed by atoms with E-state index < -0.39 is 10.0 Å². The monoisotopic (exact) mass is 359 g/mol. The predicted octanol–water partition coefficient (Wildman–Crippen LogP) is 2.40. The van der Waals surface area contributed by atoms with Crippen molar-refractivity contribution < 1.29 is 8.42 Å². The first-order valence-electron chi connectivity index (χ1n) is 6.27. The number of nitriles is 1. The summed E-state index contributed by atoms with van der Waals surface area (Å²) in [7, 11) is -3.11. The molecular weight excluding hydrogens is 342 g/mol. The summed E-state index contributed by atoms with van der Waals surface area (Å²) in [5.41, 5.74) is 1.49. The summed E-state index contributed by atoms with van der Waals surface area (Å²) < 4.78 is 25.0. The largest absolute Gasteiger partial charge is 0.385 e. The highest BCUT2D eigenvalue weighted by Gasteiger charge is 2.12. The van der Waals surface area contributed by atoms with Crippen LogP contribution in [0.4, 0.5) is 5.69 Å². The summed E-state index contributed by atoms with van der Waals surface area (Å²) in [6, 6.07) is 7.49. The summed E-state index contributed by atoms with van der Waals surface area (Å²) in [6.45, 7) is 3.48. The summed E-state index contributed by atoms with van der Waals surface area (Å²) in [6.07, 6.45) is 1.94. The van der Waals surface area contributed by atoms with Gasteiger partial charge in [0.05, 0.1) is 11.8 Å². The van der Waals surface area contributed by atoms with Crippen molar-refractivity contribution >= 4 is 31.6 Å². The molecule has 0 radical (unpaired) electrons. The smallest absolute Gasteiger partial charge is 0.211 e. The summed E-state index contributed by atoms with van der Waals surface area (Å²) in [5.74, 6) is 0. The van der Waals surface area contributed by atoms with Crippen molar-refractivity contribution in [2.24, 2.45) is 0 Å². The lowest BCUT2D eigenvalue weighted by Gasteiger charge is -2.17. The van der Waals surface area contributed by atoms with Gasteiger partial charge in [-0.25, -0.2) is 12.7 Å². The molecule has 0 atom stereocenters. The number of nitrogens with zero attached hydrogens (tertiary/aromatic N) is 2. The zero-order chi connectivity index (χ0) is 15.2. The molecule has 0 aliphatic rings. The van der Waals surface area contributed by atoms with Crippen LogP contribution in [0.25, 0.3) is 0 Å². The van der Waals surface area contributed by atoms with Crippen LogP contribution in [-0.4, -0.2) is 38.6 Å². The van der Waals surface area contributed by atoms with E-state index in [1.165, 1.54) is 10.6 Å². The molecule has 0 amide bonds. The summed E-state index contributed by atoms with van der Waals surface area (Å²) >= 11 is 3.33. The van der Waals surface area contributed by atoms with Gasteiger partial charge in [-0.2, -0.15) is 5.26 Å². The number of hydrogen-bond donors (Lipinski definition) is 1. The lowest BCUT2D eigenvalue weighted by molar-refractivity contribution is 0.429. The fourth-order valence-electron chi connectivity index (χ4n) is 1.76. The molecule has 0 unspecified atom stereocenters. The Bertz CT molecular complexity index is 596. The minimum Gasteiger partial charge on any atom is -0.385 e. The molecular formula is C13H18BrN3O2S. The van der Waals surface area contributed by atoms with E-state index in [4.69, 9.17) is 5.26 Å². The van der Waals surface area contributed by atoms with Gasteiger partial charge in [-0.15, -0.1) is 0 Å². The second kappa shape index (κ2) is 7.62. The maximum Gasteiger partial charge on any atom is 0.211 e. The Kier molecular flexibility index (Phi) is 6.46. The number of halogens is 1. The SMILES string of the molecule is CCN(CCCNc1ccc(C#N)c(Br)c1)S(C)(=O)=O. The molecule has 1 N–H and O–H groups in total. The zero-order valence-corrected chi connectivity index (χ0v) is 14.0. The second-order valence-corrected chi connectivity index (χ2v) is 7.18. The highest BCUT2D eigenvalue weighted by Crippen LogP contribution is 2.20. The first-order valence-corrected chi connectivity index (χ1v) is 8.91. The van der Waals surface area contributed by atoms with Crippen LogP contribution in [0.2, 0.25) is 0 Å². The van der Waals surface area contributed by atoms with E-state index in [1.807, 2.05) is 19.1 Å². The van der Waals surface area contributed by atoms with Gasteiger partial charge in [-0.3, -0.25) is 0 Å². The maximum absolute atomic E-state index is 11.4. The van der Waals surface area contributed by atoms with Gasteiger partial charge in [0.2, 0.25) is 10.0 Å². The number of sulfonamides is 1. The average Bonchev–Trinajstić information content (AvgIpc) is 2.37. The summed E-state index contributed by atoms with van der Waals surface area (Å²) in [4.78, 5) is 0. The van der Waals surface area contributed by atoms with Crippen LogP contribution in [0.15, 0.2) is 22.7 Å². The molecule has 0 saturated heterocycles. The Morgan fingerprint density at radius 1 is 1.45 bits per heavy atom. The summed E-state index contributed by atoms with van der Waals surface area (Å²) in [5, 5.41) is 12.0. The van der Waals surface area contributed by atoms with Crippen molar-refractivity contribution in [1.29, 1.82) is 5.26 Å². The van der Waals surface area contributed by atoms with E-state index in [2.05, 4.69) is 27.3 Å². The molecule has 0 aliphatic carbocycles. The molecule has 1 aromatic rings. The minimum absolute atomic E-state index is 0.487. The first-order chi connectivity index (χ1) is 9.38. The topological polar surface area (TPSA) is 73.2 Å². The highest BCUT2D eigenvalue weighted by molar-refractivity contribution is 9.10. The Balaban J connectivity index is 2.46. The van der Waals surface area contributed by atoms with E-state index in [-0.39, 0.29) is 0 Å². The molecule has 1 aromatic carbocycles. The minimum atomic E-state index is -3.11. The number of nitrogens with one attached hydrogen (secondary N) is 1. The van der Waals surface area contributed by atoms with Crippen molar-refractivity contribution in [1.82, 2.24) is 4.31 Å². The van der Waals surface area contributed by atoms with Crippen molar-refractivity contribution in [3.05, 3.63) is 28.2 Å². The van der Waals surface area contributed by atoms with E-state index >= 15 is 0 Å². The normalized spacial score (nSPS) is 11.3. The van der Waals surface area contributed by atoms with Gasteiger partial charge in [0.1, 0.15) is 6.07 Å². The highest BCUT2D eigenvalue weighted by atomic mass is 79.9. The molecule has 0 aliphatic heterocycles. The van der Waals surface area contributed by atoms with Gasteiger partial charge in [-0.1, -0.05) is 6.92 Å². The van der Waals surface area contributed by atoms with Crippen molar-refractivity contribution in [2.75, 3.05) is 31.2 Å². The third-order valence-corrected chi connectivity index (χ3v) is 4.86. The van der Waals surface area contributed by atoms with Crippen LogP contribution in [0.1, 0.15) is 18.9 Å². The third kappa shape index (κ3) is 5.12. The van der Waals surface area contributed by atoms with Crippen LogP contribution >= 0.6 is 15.9 Å². The van der Waals surface area contributed by atoms with Crippen molar-refractivity contribution in [2.45, 2.75) is 13.3 Å². The standard InChI is InChI=1S/C13H18BrN3O2S/c1-3-17(20(2,18)19)8-4-7-16-12-6-5-11(10-15)13(14)9-12/h5-6,9,16H,3-4,7-8H2,1-2H3. The number of anilines is 1. The van der Waals surface area contributed by atoms with Gasteiger partial charge in [0, 0.05) is 29.8 Å². The fraction of sp³-hybridized carbons (Fsp3) is 0.462. The molecule has 1 rings (SSSR count). The number of benzene rings is 1. The van der Waals surface area contributed by atoms with E-state index in [9.17, 15) is 8.42 Å². The van der Waals surface area contributed by atoms with E-state index in [0.717, 1.165) is 16.6 Å². The number of hydrogen-bond acceptors (Lipinski definition) is 4. The third-order valence-electron chi connectivity index (χ3n) is 2.82. The Labute approximate surface area is 128 Å². The molecule has 20 heavy (non-hydrogen) atoms. The molecule has 0 heterocycles. The van der Waals surface area contributed by atoms with Gasteiger partial charge in [0.15, 0.2) is 0 Å². The predicted molar refractivity (Wildman–Crippen MR) is 84.1 cm³/mol. The Morgan fingerprint density at radius 2 is 2.15 bits per heavy atom. The fourth-order valence-corrected chi connectivity index (χ4v) is 3.16. The molecule has 110 valence electrons. The van der Waals surface area contributed by atoms with Crippen LogP contribution in [-0.2, 0) is 10.0 Å². The molecule has 0 aromatic heterocycles. The van der Waals surface area contributed by atoms with E-state index in [1.54, 1.807) is 6.07 Å². The van der Waals surface area contributed by atoms with Gasteiger partial charge < -0.3 is 5.32 Å². The Hall–Kier alpha value is -1.10. The number of rotatable bonds is 7. The van der Waals surface area contributed by atoms with Crippen molar-refractivity contribution in [3.8, 4) is 6.07 Å². The van der Waals surface area contributed by atoms with Crippen molar-refractivity contribution in [3.63, 3.8) is 0 Å². The van der Waals surface area contributed by atoms with Crippen LogP contribution < -0.4 is 5.32 Å². The Morgan fingerprint density at radius 3 is 2.65 bits per heavy atom. The first kappa shape index (κ1) is 17.0.